The fourth-order valence-electron chi connectivity index (χ4n) is 1.93. The van der Waals surface area contributed by atoms with Crippen LogP contribution in [0.15, 0.2) is 18.2 Å². The van der Waals surface area contributed by atoms with Gasteiger partial charge in [0.2, 0.25) is 0 Å². The molecule has 0 spiro atoms. The maximum absolute atomic E-state index is 11.8. The molecule has 0 heterocycles. The fourth-order valence-corrected chi connectivity index (χ4v) is 1.93. The van der Waals surface area contributed by atoms with Gasteiger partial charge in [-0.3, -0.25) is 4.79 Å². The lowest BCUT2D eigenvalue weighted by molar-refractivity contribution is 0.0956. The fraction of sp³-hybridized carbons (Fsp3) is 0.533. The number of nitrogens with one attached hydrogen (secondary N) is 2. The van der Waals surface area contributed by atoms with E-state index in [4.69, 9.17) is 5.73 Å². The van der Waals surface area contributed by atoms with Gasteiger partial charge in [-0.1, -0.05) is 19.8 Å². The van der Waals surface area contributed by atoms with Gasteiger partial charge in [-0.2, -0.15) is 0 Å². The first kappa shape index (κ1) is 15.3. The molecule has 106 valence electrons. The SMILES string of the molecule is CCCCC(C)Nc1cc(C(=O)NCC)ccc1N. The number of unbranched alkanes of at least 4 members (excludes halogenated alkanes) is 1. The van der Waals surface area contributed by atoms with Crippen LogP contribution < -0.4 is 16.4 Å². The van der Waals surface area contributed by atoms with Gasteiger partial charge < -0.3 is 16.4 Å². The minimum absolute atomic E-state index is 0.0632. The molecular weight excluding hydrogens is 238 g/mol. The highest BCUT2D eigenvalue weighted by Gasteiger charge is 2.09. The number of nitrogen functional groups attached to an aromatic ring is 1. The summed E-state index contributed by atoms with van der Waals surface area (Å²) in [6, 6.07) is 5.71. The molecule has 19 heavy (non-hydrogen) atoms. The molecule has 0 aliphatic rings. The van der Waals surface area contributed by atoms with Crippen molar-refractivity contribution < 1.29 is 4.79 Å². The van der Waals surface area contributed by atoms with E-state index in [0.717, 1.165) is 12.1 Å². The van der Waals surface area contributed by atoms with Crippen molar-refractivity contribution in [1.29, 1.82) is 0 Å². The zero-order chi connectivity index (χ0) is 14.3. The molecule has 0 aliphatic heterocycles. The molecule has 0 bridgehead atoms. The number of hydrogen-bond donors (Lipinski definition) is 3. The molecule has 0 aromatic heterocycles. The minimum Gasteiger partial charge on any atom is -0.397 e. The Labute approximate surface area is 115 Å². The molecule has 4 N–H and O–H groups in total. The molecule has 1 unspecified atom stereocenters. The van der Waals surface area contributed by atoms with Crippen molar-refractivity contribution in [2.24, 2.45) is 0 Å². The third-order valence-electron chi connectivity index (χ3n) is 3.05. The molecule has 1 aromatic rings. The van der Waals surface area contributed by atoms with Crippen LogP contribution in [0.5, 0.6) is 0 Å². The van der Waals surface area contributed by atoms with Crippen LogP contribution in [0.4, 0.5) is 11.4 Å². The summed E-state index contributed by atoms with van der Waals surface area (Å²) in [4.78, 5) is 11.8. The van der Waals surface area contributed by atoms with Crippen LogP contribution in [0.25, 0.3) is 0 Å². The minimum atomic E-state index is -0.0632. The number of amides is 1. The van der Waals surface area contributed by atoms with Crippen LogP contribution in [-0.2, 0) is 0 Å². The second-order valence-corrected chi connectivity index (χ2v) is 4.85. The van der Waals surface area contributed by atoms with E-state index in [1.807, 2.05) is 13.0 Å². The summed E-state index contributed by atoms with van der Waals surface area (Å²) in [5, 5.41) is 6.17. The quantitative estimate of drug-likeness (QED) is 0.662. The predicted octanol–water partition coefficient (Wildman–Crippen LogP) is 3.01. The van der Waals surface area contributed by atoms with Gasteiger partial charge in [-0.05, 0) is 38.5 Å². The summed E-state index contributed by atoms with van der Waals surface area (Å²) in [7, 11) is 0. The van der Waals surface area contributed by atoms with Crippen LogP contribution >= 0.6 is 0 Å². The van der Waals surface area contributed by atoms with E-state index in [0.29, 0.717) is 23.8 Å². The summed E-state index contributed by atoms with van der Waals surface area (Å²) < 4.78 is 0. The standard InChI is InChI=1S/C15H25N3O/c1-4-6-7-11(3)18-14-10-12(8-9-13(14)16)15(19)17-5-2/h8-11,18H,4-7,16H2,1-3H3,(H,17,19). The first-order valence-corrected chi connectivity index (χ1v) is 7.02. The highest BCUT2D eigenvalue weighted by atomic mass is 16.1. The second kappa shape index (κ2) is 7.67. The zero-order valence-corrected chi connectivity index (χ0v) is 12.1. The molecule has 1 rings (SSSR count). The van der Waals surface area contributed by atoms with Gasteiger partial charge in [0.1, 0.15) is 0 Å². The number of nitrogens with two attached hydrogens (primary N) is 1. The van der Waals surface area contributed by atoms with E-state index in [-0.39, 0.29) is 5.91 Å². The molecule has 0 aliphatic carbocycles. The van der Waals surface area contributed by atoms with Crippen molar-refractivity contribution in [2.45, 2.75) is 46.1 Å². The van der Waals surface area contributed by atoms with Crippen LogP contribution in [0.2, 0.25) is 0 Å². The Morgan fingerprint density at radius 2 is 2.11 bits per heavy atom. The normalized spacial score (nSPS) is 11.9. The summed E-state index contributed by atoms with van der Waals surface area (Å²) in [5.74, 6) is -0.0632. The van der Waals surface area contributed by atoms with E-state index in [1.54, 1.807) is 12.1 Å². The lowest BCUT2D eigenvalue weighted by Gasteiger charge is -2.17. The van der Waals surface area contributed by atoms with Crippen LogP contribution in [-0.4, -0.2) is 18.5 Å². The lowest BCUT2D eigenvalue weighted by Crippen LogP contribution is -2.23. The van der Waals surface area contributed by atoms with E-state index < -0.39 is 0 Å². The molecule has 4 heteroatoms. The van der Waals surface area contributed by atoms with E-state index >= 15 is 0 Å². The van der Waals surface area contributed by atoms with Gasteiger partial charge in [-0.15, -0.1) is 0 Å². The number of carbonyl (C=O) groups excluding carboxylic acids is 1. The predicted molar refractivity (Wildman–Crippen MR) is 81.5 cm³/mol. The van der Waals surface area contributed by atoms with Crippen LogP contribution in [0.1, 0.15) is 50.4 Å². The van der Waals surface area contributed by atoms with Gasteiger partial charge in [0, 0.05) is 18.2 Å². The third-order valence-corrected chi connectivity index (χ3v) is 3.05. The molecule has 1 amide bonds. The van der Waals surface area contributed by atoms with Crippen LogP contribution in [0.3, 0.4) is 0 Å². The van der Waals surface area contributed by atoms with Gasteiger partial charge in [0.15, 0.2) is 0 Å². The van der Waals surface area contributed by atoms with Gasteiger partial charge in [-0.25, -0.2) is 0 Å². The average molecular weight is 263 g/mol. The second-order valence-electron chi connectivity index (χ2n) is 4.85. The first-order valence-electron chi connectivity index (χ1n) is 7.02. The molecule has 0 fully saturated rings. The zero-order valence-electron chi connectivity index (χ0n) is 12.1. The highest BCUT2D eigenvalue weighted by Crippen LogP contribution is 2.22. The Kier molecular flexibility index (Phi) is 6.19. The Balaban J connectivity index is 2.76. The number of anilines is 2. The Bertz CT molecular complexity index is 418. The van der Waals surface area contributed by atoms with E-state index in [2.05, 4.69) is 24.5 Å². The van der Waals surface area contributed by atoms with E-state index in [9.17, 15) is 4.79 Å². The number of hydrogen-bond acceptors (Lipinski definition) is 3. The number of carbonyl (C=O) groups is 1. The monoisotopic (exact) mass is 263 g/mol. The summed E-state index contributed by atoms with van der Waals surface area (Å²) in [6.45, 7) is 6.84. The number of benzene rings is 1. The molecule has 0 radical (unpaired) electrons. The highest BCUT2D eigenvalue weighted by molar-refractivity contribution is 5.96. The molecular formula is C15H25N3O. The molecule has 0 saturated carbocycles. The summed E-state index contributed by atoms with van der Waals surface area (Å²) >= 11 is 0. The van der Waals surface area contributed by atoms with Crippen molar-refractivity contribution in [2.75, 3.05) is 17.6 Å². The Hall–Kier alpha value is -1.71. The first-order chi connectivity index (χ1) is 9.08. The van der Waals surface area contributed by atoms with Crippen molar-refractivity contribution in [3.63, 3.8) is 0 Å². The summed E-state index contributed by atoms with van der Waals surface area (Å²) in [5.41, 5.74) is 8.10. The molecule has 0 saturated heterocycles. The average Bonchev–Trinajstić information content (AvgIpc) is 2.39. The molecule has 1 atom stereocenters. The largest absolute Gasteiger partial charge is 0.397 e. The van der Waals surface area contributed by atoms with Gasteiger partial charge >= 0.3 is 0 Å². The third kappa shape index (κ3) is 4.81. The topological polar surface area (TPSA) is 67.2 Å². The molecule has 4 nitrogen and oxygen atoms in total. The van der Waals surface area contributed by atoms with Crippen molar-refractivity contribution in [3.05, 3.63) is 23.8 Å². The molecule has 1 aromatic carbocycles. The van der Waals surface area contributed by atoms with Gasteiger partial charge in [0.25, 0.3) is 5.91 Å². The van der Waals surface area contributed by atoms with Crippen LogP contribution in [0, 0.1) is 0 Å². The maximum atomic E-state index is 11.8. The summed E-state index contributed by atoms with van der Waals surface area (Å²) in [6.07, 6.45) is 3.46. The van der Waals surface area contributed by atoms with Crippen molar-refractivity contribution in [3.8, 4) is 0 Å². The van der Waals surface area contributed by atoms with Gasteiger partial charge in [0.05, 0.1) is 11.4 Å². The lowest BCUT2D eigenvalue weighted by atomic mass is 10.1. The smallest absolute Gasteiger partial charge is 0.251 e. The Morgan fingerprint density at radius 3 is 2.74 bits per heavy atom. The maximum Gasteiger partial charge on any atom is 0.251 e. The van der Waals surface area contributed by atoms with Crippen molar-refractivity contribution in [1.82, 2.24) is 5.32 Å². The number of rotatable bonds is 7. The van der Waals surface area contributed by atoms with Crippen molar-refractivity contribution >= 4 is 17.3 Å². The van der Waals surface area contributed by atoms with E-state index in [1.165, 1.54) is 12.8 Å². The Morgan fingerprint density at radius 1 is 1.37 bits per heavy atom.